The van der Waals surface area contributed by atoms with E-state index in [9.17, 15) is 9.59 Å². The molecule has 5 rings (SSSR count). The predicted octanol–water partition coefficient (Wildman–Crippen LogP) is 2.56. The quantitative estimate of drug-likeness (QED) is 0.240. The van der Waals surface area contributed by atoms with Gasteiger partial charge in [-0.05, 0) is 78.5 Å². The van der Waals surface area contributed by atoms with Crippen LogP contribution in [0.5, 0.6) is 0 Å². The minimum absolute atomic E-state index is 0.129. The lowest BCUT2D eigenvalue weighted by Gasteiger charge is -2.59. The highest BCUT2D eigenvalue weighted by Gasteiger charge is 2.52. The number of carbonyl (C=O) groups is 2. The van der Waals surface area contributed by atoms with Crippen molar-refractivity contribution in [3.05, 3.63) is 70.8 Å². The summed E-state index contributed by atoms with van der Waals surface area (Å²) in [6, 6.07) is 14.7. The van der Waals surface area contributed by atoms with Crippen LogP contribution >= 0.6 is 0 Å². The number of hydrogen-bond donors (Lipinski definition) is 5. The lowest BCUT2D eigenvalue weighted by Crippen LogP contribution is -2.55. The van der Waals surface area contributed by atoms with Gasteiger partial charge >= 0.3 is 0 Å². The van der Waals surface area contributed by atoms with Gasteiger partial charge < -0.3 is 16.4 Å². The van der Waals surface area contributed by atoms with E-state index in [1.807, 2.05) is 12.1 Å². The van der Waals surface area contributed by atoms with Gasteiger partial charge in [0.05, 0.1) is 0 Å². The molecule has 3 fully saturated rings. The lowest BCUT2D eigenvalue weighted by molar-refractivity contribution is -0.130. The maximum atomic E-state index is 12.3. The molecular weight excluding hydrogens is 440 g/mol. The third-order valence-electron chi connectivity index (χ3n) is 7.83. The molecule has 3 aliphatic carbocycles. The highest BCUT2D eigenvalue weighted by atomic mass is 16.5. The smallest absolute Gasteiger partial charge is 0.267 e. The molecule has 35 heavy (non-hydrogen) atoms. The zero-order valence-corrected chi connectivity index (χ0v) is 20.3. The second-order valence-electron chi connectivity index (χ2n) is 10.3. The van der Waals surface area contributed by atoms with Gasteiger partial charge in [0.2, 0.25) is 0 Å². The molecule has 2 aromatic carbocycles. The Hall–Kier alpha value is -3.18. The number of nitrogens with one attached hydrogen (secondary N) is 3. The Balaban J connectivity index is 1.27. The van der Waals surface area contributed by atoms with Crippen LogP contribution in [0.4, 0.5) is 0 Å². The van der Waals surface area contributed by atoms with E-state index in [2.05, 4.69) is 48.5 Å². The van der Waals surface area contributed by atoms with Gasteiger partial charge in [-0.1, -0.05) is 37.8 Å². The minimum atomic E-state index is -1.01. The fourth-order valence-corrected chi connectivity index (χ4v) is 5.24. The standard InChI is InChI=1S/C28H34N4O3/c1-28(2)22-13-23(28)15-24(14-22)30-17-20-7-5-18(6-8-20)3-4-19-9-11-21(12-10-19)26(33)31-25(16-29)27(34)32-35/h5-12,22-25,30,35H,13-17,29H2,1-2H3,(H,31,33)(H,32,34)/t22-,23+,24?,25-/m0/s1. The molecule has 7 nitrogen and oxygen atoms in total. The Morgan fingerprint density at radius 2 is 1.57 bits per heavy atom. The van der Waals surface area contributed by atoms with E-state index in [4.69, 9.17) is 10.9 Å². The maximum absolute atomic E-state index is 12.3. The number of fused-ring (bicyclic) bond motifs is 2. The van der Waals surface area contributed by atoms with Crippen LogP contribution < -0.4 is 21.8 Å². The van der Waals surface area contributed by atoms with Crippen molar-refractivity contribution in [1.29, 1.82) is 0 Å². The van der Waals surface area contributed by atoms with Crippen LogP contribution in [-0.4, -0.2) is 35.7 Å². The third-order valence-corrected chi connectivity index (χ3v) is 7.83. The van der Waals surface area contributed by atoms with Crippen LogP contribution in [0, 0.1) is 29.1 Å². The van der Waals surface area contributed by atoms with Gasteiger partial charge in [0.15, 0.2) is 0 Å². The number of rotatable bonds is 7. The minimum Gasteiger partial charge on any atom is -0.339 e. The van der Waals surface area contributed by atoms with E-state index in [1.165, 1.54) is 30.3 Å². The largest absolute Gasteiger partial charge is 0.339 e. The molecule has 0 radical (unpaired) electrons. The number of carbonyl (C=O) groups excluding carboxylic acids is 2. The SMILES string of the molecule is CC1(C)[C@@H]2CC(NCc3ccc(C#Cc4ccc(C(=O)N[C@@H](CN)C(=O)NO)cc4)cc3)C[C@H]1C2. The van der Waals surface area contributed by atoms with E-state index >= 15 is 0 Å². The average Bonchev–Trinajstić information content (AvgIpc) is 2.89. The van der Waals surface area contributed by atoms with Crippen molar-refractivity contribution in [2.75, 3.05) is 6.54 Å². The molecule has 4 atom stereocenters. The summed E-state index contributed by atoms with van der Waals surface area (Å²) in [5, 5.41) is 14.9. The number of amides is 2. The van der Waals surface area contributed by atoms with Crippen LogP contribution in [0.15, 0.2) is 48.5 Å². The molecule has 1 unspecified atom stereocenters. The van der Waals surface area contributed by atoms with Gasteiger partial charge in [-0.15, -0.1) is 0 Å². The summed E-state index contributed by atoms with van der Waals surface area (Å²) in [4.78, 5) is 23.8. The average molecular weight is 475 g/mol. The molecule has 0 aromatic heterocycles. The molecule has 2 aromatic rings. The highest BCUT2D eigenvalue weighted by Crippen LogP contribution is 2.59. The number of hydroxylamine groups is 1. The van der Waals surface area contributed by atoms with E-state index in [0.29, 0.717) is 17.0 Å². The van der Waals surface area contributed by atoms with Crippen molar-refractivity contribution in [3.8, 4) is 11.8 Å². The zero-order valence-electron chi connectivity index (χ0n) is 20.3. The van der Waals surface area contributed by atoms with Crippen LogP contribution in [0.2, 0.25) is 0 Å². The van der Waals surface area contributed by atoms with Gasteiger partial charge in [-0.25, -0.2) is 5.48 Å². The van der Waals surface area contributed by atoms with Crippen molar-refractivity contribution >= 4 is 11.8 Å². The number of benzene rings is 2. The highest BCUT2D eigenvalue weighted by molar-refractivity contribution is 5.97. The second kappa shape index (κ2) is 10.6. The van der Waals surface area contributed by atoms with Crippen LogP contribution in [0.25, 0.3) is 0 Å². The second-order valence-corrected chi connectivity index (χ2v) is 10.3. The molecule has 184 valence electrons. The molecule has 2 amide bonds. The Morgan fingerprint density at radius 1 is 1.00 bits per heavy atom. The van der Waals surface area contributed by atoms with Crippen LogP contribution in [-0.2, 0) is 11.3 Å². The van der Waals surface area contributed by atoms with Crippen molar-refractivity contribution in [2.24, 2.45) is 23.0 Å². The van der Waals surface area contributed by atoms with Crippen molar-refractivity contribution in [1.82, 2.24) is 16.1 Å². The Morgan fingerprint density at radius 3 is 2.09 bits per heavy atom. The number of nitrogens with two attached hydrogens (primary N) is 1. The summed E-state index contributed by atoms with van der Waals surface area (Å²) in [5.41, 5.74) is 10.8. The topological polar surface area (TPSA) is 116 Å². The van der Waals surface area contributed by atoms with Gasteiger partial charge in [0.1, 0.15) is 6.04 Å². The Labute approximate surface area is 206 Å². The van der Waals surface area contributed by atoms with Gasteiger partial charge in [0.25, 0.3) is 11.8 Å². The molecule has 2 bridgehead atoms. The molecular formula is C28H34N4O3. The summed E-state index contributed by atoms with van der Waals surface area (Å²) >= 11 is 0. The van der Waals surface area contributed by atoms with E-state index in [1.54, 1.807) is 24.3 Å². The van der Waals surface area contributed by atoms with E-state index < -0.39 is 17.9 Å². The summed E-state index contributed by atoms with van der Waals surface area (Å²) in [5.74, 6) is 6.79. The van der Waals surface area contributed by atoms with E-state index in [-0.39, 0.29) is 6.54 Å². The van der Waals surface area contributed by atoms with Gasteiger partial charge in [-0.3, -0.25) is 14.8 Å². The summed E-state index contributed by atoms with van der Waals surface area (Å²) < 4.78 is 0. The number of hydrogen-bond acceptors (Lipinski definition) is 5. The molecule has 0 saturated heterocycles. The fraction of sp³-hybridized carbons (Fsp3) is 0.429. The predicted molar refractivity (Wildman–Crippen MR) is 134 cm³/mol. The van der Waals surface area contributed by atoms with Crippen molar-refractivity contribution in [3.63, 3.8) is 0 Å². The first-order valence-corrected chi connectivity index (χ1v) is 12.2. The van der Waals surface area contributed by atoms with E-state index in [0.717, 1.165) is 29.5 Å². The van der Waals surface area contributed by atoms with Crippen LogP contribution in [0.3, 0.4) is 0 Å². The molecule has 0 aliphatic heterocycles. The molecule has 6 N–H and O–H groups in total. The molecule has 3 aliphatic rings. The molecule has 0 spiro atoms. The maximum Gasteiger partial charge on any atom is 0.267 e. The fourth-order valence-electron chi connectivity index (χ4n) is 5.24. The van der Waals surface area contributed by atoms with Gasteiger partial charge in [-0.2, -0.15) is 0 Å². The molecule has 0 heterocycles. The Bertz CT molecular complexity index is 1100. The first kappa shape index (κ1) is 24.9. The molecule has 7 heteroatoms. The van der Waals surface area contributed by atoms with Crippen LogP contribution in [0.1, 0.15) is 60.2 Å². The molecule has 3 saturated carbocycles. The van der Waals surface area contributed by atoms with Gasteiger partial charge in [0, 0.05) is 35.8 Å². The summed E-state index contributed by atoms with van der Waals surface area (Å²) in [6.45, 7) is 5.60. The summed E-state index contributed by atoms with van der Waals surface area (Å²) in [7, 11) is 0. The van der Waals surface area contributed by atoms with Crippen molar-refractivity contribution < 1.29 is 14.8 Å². The first-order chi connectivity index (χ1) is 16.8. The lowest BCUT2D eigenvalue weighted by atomic mass is 9.48. The van der Waals surface area contributed by atoms with Crippen molar-refractivity contribution in [2.45, 2.75) is 51.7 Å². The normalized spacial score (nSPS) is 22.7. The monoisotopic (exact) mass is 474 g/mol. The first-order valence-electron chi connectivity index (χ1n) is 12.2. The third kappa shape index (κ3) is 5.73. The summed E-state index contributed by atoms with van der Waals surface area (Å²) in [6.07, 6.45) is 3.99. The Kier molecular flexibility index (Phi) is 7.56. The zero-order chi connectivity index (χ0) is 25.0.